The molecular weight excluding hydrogens is 562 g/mol. The van der Waals surface area contributed by atoms with Crippen molar-refractivity contribution in [1.29, 1.82) is 0 Å². The molecule has 0 aromatic heterocycles. The second kappa shape index (κ2) is 14.4. The number of anilines is 1. The van der Waals surface area contributed by atoms with Crippen molar-refractivity contribution < 1.29 is 22.7 Å². The van der Waals surface area contributed by atoms with Crippen LogP contribution in [0.2, 0.25) is 5.02 Å². The summed E-state index contributed by atoms with van der Waals surface area (Å²) >= 11 is 6.29. The number of methoxy groups -OCH3 is 1. The normalized spacial score (nSPS) is 12.7. The lowest BCUT2D eigenvalue weighted by Crippen LogP contribution is -2.54. The van der Waals surface area contributed by atoms with Gasteiger partial charge in [-0.05, 0) is 49.6 Å². The maximum Gasteiger partial charge on any atom is 0.244 e. The lowest BCUT2D eigenvalue weighted by atomic mass is 10.0. The Morgan fingerprint density at radius 1 is 1.00 bits per heavy atom. The van der Waals surface area contributed by atoms with Crippen molar-refractivity contribution in [2.75, 3.05) is 24.2 Å². The zero-order chi connectivity index (χ0) is 30.2. The molecule has 41 heavy (non-hydrogen) atoms. The summed E-state index contributed by atoms with van der Waals surface area (Å²) in [5.74, 6) is -0.451. The molecule has 0 aliphatic heterocycles. The highest BCUT2D eigenvalue weighted by atomic mass is 35.5. The largest absolute Gasteiger partial charge is 0.495 e. The zero-order valence-electron chi connectivity index (χ0n) is 24.1. The highest BCUT2D eigenvalue weighted by Crippen LogP contribution is 2.30. The average molecular weight is 600 g/mol. The first-order valence-corrected chi connectivity index (χ1v) is 15.7. The molecular formula is C31H38ClN3O5S. The Hall–Kier alpha value is -3.56. The van der Waals surface area contributed by atoms with Crippen molar-refractivity contribution >= 4 is 39.1 Å². The summed E-state index contributed by atoms with van der Waals surface area (Å²) in [5.41, 5.74) is 2.92. The highest BCUT2D eigenvalue weighted by molar-refractivity contribution is 7.92. The van der Waals surface area contributed by atoms with Crippen LogP contribution in [-0.2, 0) is 32.6 Å². The van der Waals surface area contributed by atoms with Gasteiger partial charge in [-0.25, -0.2) is 8.42 Å². The Bertz CT molecular complexity index is 1450. The maximum absolute atomic E-state index is 14.1. The van der Waals surface area contributed by atoms with Gasteiger partial charge in [-0.2, -0.15) is 0 Å². The van der Waals surface area contributed by atoms with Crippen molar-refractivity contribution in [1.82, 2.24) is 10.2 Å². The summed E-state index contributed by atoms with van der Waals surface area (Å²) in [5, 5.41) is 3.23. The quantitative estimate of drug-likeness (QED) is 0.299. The topological polar surface area (TPSA) is 96.0 Å². The number of carbonyl (C=O) groups is 2. The van der Waals surface area contributed by atoms with Gasteiger partial charge in [0.25, 0.3) is 0 Å². The molecule has 220 valence electrons. The zero-order valence-corrected chi connectivity index (χ0v) is 25.7. The smallest absolute Gasteiger partial charge is 0.244 e. The lowest BCUT2D eigenvalue weighted by molar-refractivity contribution is -0.140. The number of aryl methyl sites for hydroxylation is 1. The first kappa shape index (κ1) is 32.0. The summed E-state index contributed by atoms with van der Waals surface area (Å²) < 4.78 is 32.1. The molecule has 0 spiro atoms. The molecule has 10 heteroatoms. The summed E-state index contributed by atoms with van der Waals surface area (Å²) in [6.45, 7) is 5.42. The summed E-state index contributed by atoms with van der Waals surface area (Å²) in [6, 6.07) is 20.6. The first-order valence-electron chi connectivity index (χ1n) is 13.4. The van der Waals surface area contributed by atoms with Gasteiger partial charge in [-0.1, -0.05) is 78.7 Å². The van der Waals surface area contributed by atoms with Crippen molar-refractivity contribution in [3.05, 3.63) is 94.5 Å². The minimum Gasteiger partial charge on any atom is -0.495 e. The Kier molecular flexibility index (Phi) is 11.2. The van der Waals surface area contributed by atoms with Gasteiger partial charge in [-0.3, -0.25) is 13.9 Å². The van der Waals surface area contributed by atoms with Crippen LogP contribution >= 0.6 is 11.6 Å². The number of ether oxygens (including phenoxy) is 1. The number of amides is 2. The fourth-order valence-electron chi connectivity index (χ4n) is 4.43. The second-order valence-corrected chi connectivity index (χ2v) is 12.4. The molecule has 0 aliphatic carbocycles. The standard InChI is InChI=1S/C31H38ClN3O5S/c1-6-23(3)33-31(37)28(18-24-12-8-7-9-13-24)34(20-25-14-10-11-22(2)17-25)30(36)21-35(41(5,38)39)26-15-16-29(40-4)27(32)19-26/h7-17,19,23,28H,6,18,20-21H2,1-5H3,(H,33,37)/t23-,28+/m0/s1. The summed E-state index contributed by atoms with van der Waals surface area (Å²) in [6.07, 6.45) is 2.00. The number of benzene rings is 3. The van der Waals surface area contributed by atoms with E-state index in [1.165, 1.54) is 24.1 Å². The van der Waals surface area contributed by atoms with Gasteiger partial charge in [0.15, 0.2) is 0 Å². The third kappa shape index (κ3) is 8.96. The number of nitrogens with one attached hydrogen (secondary N) is 1. The molecule has 3 rings (SSSR count). The molecule has 0 unspecified atom stereocenters. The number of sulfonamides is 1. The molecule has 3 aromatic carbocycles. The molecule has 8 nitrogen and oxygen atoms in total. The Morgan fingerprint density at radius 2 is 1.68 bits per heavy atom. The molecule has 2 amide bonds. The van der Waals surface area contributed by atoms with Crippen LogP contribution in [0.25, 0.3) is 0 Å². The number of rotatable bonds is 13. The van der Waals surface area contributed by atoms with E-state index in [0.29, 0.717) is 5.75 Å². The SMILES string of the molecule is CC[C@H](C)NC(=O)[C@@H](Cc1ccccc1)N(Cc1cccc(C)c1)C(=O)CN(c1ccc(OC)c(Cl)c1)S(C)(=O)=O. The van der Waals surface area contributed by atoms with Crippen LogP contribution in [0.3, 0.4) is 0 Å². The number of halogens is 1. The van der Waals surface area contributed by atoms with Crippen LogP contribution in [0.1, 0.15) is 37.0 Å². The van der Waals surface area contributed by atoms with E-state index < -0.39 is 28.5 Å². The van der Waals surface area contributed by atoms with Crippen LogP contribution < -0.4 is 14.4 Å². The number of nitrogens with zero attached hydrogens (tertiary/aromatic N) is 2. The minimum atomic E-state index is -3.90. The third-order valence-corrected chi connectivity index (χ3v) is 8.25. The number of hydrogen-bond acceptors (Lipinski definition) is 5. The first-order chi connectivity index (χ1) is 19.4. The van der Waals surface area contributed by atoms with Gasteiger partial charge < -0.3 is 15.0 Å². The van der Waals surface area contributed by atoms with Gasteiger partial charge in [-0.15, -0.1) is 0 Å². The fraction of sp³-hybridized carbons (Fsp3) is 0.355. The van der Waals surface area contributed by atoms with Gasteiger partial charge in [0, 0.05) is 19.0 Å². The predicted octanol–water partition coefficient (Wildman–Crippen LogP) is 4.98. The van der Waals surface area contributed by atoms with E-state index in [9.17, 15) is 18.0 Å². The molecule has 0 aliphatic rings. The van der Waals surface area contributed by atoms with E-state index >= 15 is 0 Å². The van der Waals surface area contributed by atoms with Crippen molar-refractivity contribution in [2.24, 2.45) is 0 Å². The van der Waals surface area contributed by atoms with Crippen molar-refractivity contribution in [3.8, 4) is 5.75 Å². The molecule has 0 saturated carbocycles. The van der Waals surface area contributed by atoms with E-state index in [4.69, 9.17) is 16.3 Å². The summed E-state index contributed by atoms with van der Waals surface area (Å²) in [7, 11) is -2.45. The van der Waals surface area contributed by atoms with Gasteiger partial charge in [0.05, 0.1) is 24.1 Å². The molecule has 2 atom stereocenters. The fourth-order valence-corrected chi connectivity index (χ4v) is 5.52. The Balaban J connectivity index is 2.07. The second-order valence-electron chi connectivity index (χ2n) is 10.1. The van der Waals surface area contributed by atoms with Crippen molar-refractivity contribution in [3.63, 3.8) is 0 Å². The highest BCUT2D eigenvalue weighted by Gasteiger charge is 2.33. The average Bonchev–Trinajstić information content (AvgIpc) is 2.93. The molecule has 3 aromatic rings. The summed E-state index contributed by atoms with van der Waals surface area (Å²) in [4.78, 5) is 29.3. The lowest BCUT2D eigenvalue weighted by Gasteiger charge is -2.34. The van der Waals surface area contributed by atoms with E-state index in [1.807, 2.05) is 75.4 Å². The van der Waals surface area contributed by atoms with Crippen LogP contribution in [0, 0.1) is 6.92 Å². The van der Waals surface area contributed by atoms with Crippen LogP contribution in [0.4, 0.5) is 5.69 Å². The van der Waals surface area contributed by atoms with E-state index in [-0.39, 0.29) is 35.6 Å². The predicted molar refractivity (Wildman–Crippen MR) is 164 cm³/mol. The van der Waals surface area contributed by atoms with Gasteiger partial charge in [0.2, 0.25) is 21.8 Å². The molecule has 0 saturated heterocycles. The molecule has 1 N–H and O–H groups in total. The van der Waals surface area contributed by atoms with Gasteiger partial charge >= 0.3 is 0 Å². The van der Waals surface area contributed by atoms with Gasteiger partial charge in [0.1, 0.15) is 18.3 Å². The van der Waals surface area contributed by atoms with E-state index in [0.717, 1.165) is 33.7 Å². The molecule has 0 heterocycles. The van der Waals surface area contributed by atoms with E-state index in [1.54, 1.807) is 6.07 Å². The Labute approximate surface area is 248 Å². The Morgan fingerprint density at radius 3 is 2.27 bits per heavy atom. The van der Waals surface area contributed by atoms with E-state index in [2.05, 4.69) is 5.32 Å². The van der Waals surface area contributed by atoms with Crippen LogP contribution in [0.15, 0.2) is 72.8 Å². The molecule has 0 radical (unpaired) electrons. The maximum atomic E-state index is 14.1. The molecule has 0 fully saturated rings. The van der Waals surface area contributed by atoms with Crippen LogP contribution in [0.5, 0.6) is 5.75 Å². The third-order valence-electron chi connectivity index (χ3n) is 6.81. The number of carbonyl (C=O) groups excluding carboxylic acids is 2. The minimum absolute atomic E-state index is 0.106. The number of hydrogen-bond donors (Lipinski definition) is 1. The monoisotopic (exact) mass is 599 g/mol. The van der Waals surface area contributed by atoms with Crippen molar-refractivity contribution in [2.45, 2.75) is 52.2 Å². The van der Waals surface area contributed by atoms with Crippen LogP contribution in [-0.4, -0.2) is 57.1 Å². The molecule has 0 bridgehead atoms.